The minimum absolute atomic E-state index is 0.0228. The summed E-state index contributed by atoms with van der Waals surface area (Å²) >= 11 is 0.930. The number of nitrogens with zero attached hydrogens (tertiary/aromatic N) is 4. The topological polar surface area (TPSA) is 110 Å². The second kappa shape index (κ2) is 7.52. The van der Waals surface area contributed by atoms with Crippen LogP contribution in [0.4, 0.5) is 21.7 Å². The molecule has 154 valence electrons. The van der Waals surface area contributed by atoms with E-state index in [1.54, 1.807) is 42.5 Å². The van der Waals surface area contributed by atoms with Gasteiger partial charge in [0.1, 0.15) is 21.7 Å². The van der Waals surface area contributed by atoms with Crippen molar-refractivity contribution in [1.82, 2.24) is 18.7 Å². The molecule has 0 aliphatic rings. The Bertz CT molecular complexity index is 1540. The monoisotopic (exact) mass is 452 g/mol. The number of halogens is 1. The maximum absolute atomic E-state index is 13.6. The fraction of sp³-hybridized carbons (Fsp3) is 0. The fourth-order valence-electron chi connectivity index (χ4n) is 3.04. The van der Waals surface area contributed by atoms with Gasteiger partial charge in [-0.05, 0) is 42.5 Å². The lowest BCUT2D eigenvalue weighted by Crippen LogP contribution is -2.16. The molecule has 2 aromatic heterocycles. The number of hydrogen-bond acceptors (Lipinski definition) is 8. The maximum Gasteiger partial charge on any atom is 0.265 e. The predicted molar refractivity (Wildman–Crippen MR) is 117 cm³/mol. The van der Waals surface area contributed by atoms with E-state index in [0.717, 1.165) is 11.7 Å². The van der Waals surface area contributed by atoms with Crippen LogP contribution in [0.5, 0.6) is 0 Å². The Labute approximate surface area is 180 Å². The third kappa shape index (κ3) is 3.76. The predicted octanol–water partition coefficient (Wildman–Crippen LogP) is 4.32. The molecular weight excluding hydrogens is 439 g/mol. The first-order chi connectivity index (χ1) is 15.0. The van der Waals surface area contributed by atoms with Gasteiger partial charge in [0.05, 0.1) is 22.8 Å². The van der Waals surface area contributed by atoms with Gasteiger partial charge in [-0.2, -0.15) is 8.75 Å². The standard InChI is InChI=1S/C20H13FN6O2S2/c21-12-5-3-6-13(11-12)22-19-20(24-15-8-2-1-7-14(15)23-19)27-31(28,29)17-10-4-9-16-18(17)26-30-25-16/h1-11H,(H,22,23)(H,24,27). The van der Waals surface area contributed by atoms with Gasteiger partial charge in [-0.15, -0.1) is 0 Å². The molecule has 0 unspecified atom stereocenters. The Hall–Kier alpha value is -3.70. The Morgan fingerprint density at radius 1 is 0.806 bits per heavy atom. The van der Waals surface area contributed by atoms with Crippen LogP contribution in [0.1, 0.15) is 0 Å². The number of hydrogen-bond donors (Lipinski definition) is 2. The Balaban J connectivity index is 1.62. The number of nitrogens with one attached hydrogen (secondary N) is 2. The van der Waals surface area contributed by atoms with Crippen LogP contribution in [-0.4, -0.2) is 27.1 Å². The quantitative estimate of drug-likeness (QED) is 0.409. The van der Waals surface area contributed by atoms with Crippen molar-refractivity contribution in [3.05, 3.63) is 72.5 Å². The molecule has 3 aromatic carbocycles. The lowest BCUT2D eigenvalue weighted by atomic mass is 10.3. The van der Waals surface area contributed by atoms with Gasteiger partial charge in [-0.1, -0.05) is 24.3 Å². The number of fused-ring (bicyclic) bond motifs is 2. The Morgan fingerprint density at radius 3 is 2.29 bits per heavy atom. The van der Waals surface area contributed by atoms with Crippen molar-refractivity contribution in [2.24, 2.45) is 0 Å². The highest BCUT2D eigenvalue weighted by Gasteiger charge is 2.22. The molecule has 0 aliphatic carbocycles. The highest BCUT2D eigenvalue weighted by molar-refractivity contribution is 7.93. The van der Waals surface area contributed by atoms with Crippen molar-refractivity contribution in [3.8, 4) is 0 Å². The van der Waals surface area contributed by atoms with Gasteiger partial charge < -0.3 is 5.32 Å². The molecule has 0 amide bonds. The average Bonchev–Trinajstić information content (AvgIpc) is 3.23. The zero-order valence-corrected chi connectivity index (χ0v) is 17.3. The largest absolute Gasteiger partial charge is 0.337 e. The zero-order chi connectivity index (χ0) is 21.4. The van der Waals surface area contributed by atoms with Crippen molar-refractivity contribution in [2.45, 2.75) is 4.90 Å². The van der Waals surface area contributed by atoms with E-state index in [1.165, 1.54) is 24.3 Å². The first kappa shape index (κ1) is 19.3. The highest BCUT2D eigenvalue weighted by Crippen LogP contribution is 2.29. The van der Waals surface area contributed by atoms with Gasteiger partial charge in [-0.25, -0.2) is 22.8 Å². The van der Waals surface area contributed by atoms with E-state index >= 15 is 0 Å². The molecule has 0 saturated heterocycles. The summed E-state index contributed by atoms with van der Waals surface area (Å²) in [5.41, 5.74) is 2.20. The van der Waals surface area contributed by atoms with Crippen LogP contribution in [-0.2, 0) is 10.0 Å². The summed E-state index contributed by atoms with van der Waals surface area (Å²) in [6.07, 6.45) is 0. The van der Waals surface area contributed by atoms with Gasteiger partial charge in [0.25, 0.3) is 10.0 Å². The molecule has 0 atom stereocenters. The summed E-state index contributed by atoms with van der Waals surface area (Å²) in [6, 6.07) is 17.5. The summed E-state index contributed by atoms with van der Waals surface area (Å²) in [5, 5.41) is 2.95. The maximum atomic E-state index is 13.6. The normalized spacial score (nSPS) is 11.6. The second-order valence-electron chi connectivity index (χ2n) is 6.54. The van der Waals surface area contributed by atoms with Crippen LogP contribution in [0, 0.1) is 5.82 Å². The molecule has 0 radical (unpaired) electrons. The molecular formula is C20H13FN6O2S2. The molecule has 0 fully saturated rings. The van der Waals surface area contributed by atoms with E-state index in [0.29, 0.717) is 22.2 Å². The Kier molecular flexibility index (Phi) is 4.68. The lowest BCUT2D eigenvalue weighted by Gasteiger charge is -2.14. The van der Waals surface area contributed by atoms with Gasteiger partial charge in [0.15, 0.2) is 11.6 Å². The number of benzene rings is 3. The second-order valence-corrected chi connectivity index (χ2v) is 8.72. The van der Waals surface area contributed by atoms with Crippen molar-refractivity contribution in [1.29, 1.82) is 0 Å². The summed E-state index contributed by atoms with van der Waals surface area (Å²) < 4.78 is 50.7. The van der Waals surface area contributed by atoms with E-state index in [1.807, 2.05) is 0 Å². The van der Waals surface area contributed by atoms with Gasteiger partial charge in [0.2, 0.25) is 0 Å². The Morgan fingerprint density at radius 2 is 1.52 bits per heavy atom. The minimum atomic E-state index is -4.06. The lowest BCUT2D eigenvalue weighted by molar-refractivity contribution is 0.601. The number of sulfonamides is 1. The van der Waals surface area contributed by atoms with Crippen LogP contribution < -0.4 is 10.0 Å². The molecule has 0 saturated carbocycles. The van der Waals surface area contributed by atoms with Crippen LogP contribution in [0.3, 0.4) is 0 Å². The molecule has 0 spiro atoms. The van der Waals surface area contributed by atoms with Crippen LogP contribution in [0.25, 0.3) is 22.1 Å². The van der Waals surface area contributed by atoms with Crippen LogP contribution in [0.15, 0.2) is 71.6 Å². The van der Waals surface area contributed by atoms with Crippen molar-refractivity contribution in [2.75, 3.05) is 10.0 Å². The molecule has 2 N–H and O–H groups in total. The average molecular weight is 452 g/mol. The van der Waals surface area contributed by atoms with Gasteiger partial charge in [-0.3, -0.25) is 4.72 Å². The first-order valence-corrected chi connectivity index (χ1v) is 11.2. The third-order valence-electron chi connectivity index (χ3n) is 4.43. The number of anilines is 3. The van der Waals surface area contributed by atoms with E-state index in [2.05, 4.69) is 28.8 Å². The smallest absolute Gasteiger partial charge is 0.265 e. The molecule has 2 heterocycles. The van der Waals surface area contributed by atoms with Crippen molar-refractivity contribution < 1.29 is 12.8 Å². The fourth-order valence-corrected chi connectivity index (χ4v) is 4.82. The first-order valence-electron chi connectivity index (χ1n) is 9.03. The molecule has 11 heteroatoms. The van der Waals surface area contributed by atoms with Crippen LogP contribution >= 0.6 is 11.7 Å². The van der Waals surface area contributed by atoms with E-state index in [4.69, 9.17) is 0 Å². The van der Waals surface area contributed by atoms with Crippen molar-refractivity contribution in [3.63, 3.8) is 0 Å². The third-order valence-corrected chi connectivity index (χ3v) is 6.34. The zero-order valence-electron chi connectivity index (χ0n) is 15.7. The molecule has 5 aromatic rings. The van der Waals surface area contributed by atoms with Crippen LogP contribution in [0.2, 0.25) is 0 Å². The molecule has 5 rings (SSSR count). The molecule has 0 aliphatic heterocycles. The van der Waals surface area contributed by atoms with Gasteiger partial charge >= 0.3 is 0 Å². The molecule has 31 heavy (non-hydrogen) atoms. The summed E-state index contributed by atoms with van der Waals surface area (Å²) in [4.78, 5) is 8.89. The minimum Gasteiger partial charge on any atom is -0.337 e. The van der Waals surface area contributed by atoms with E-state index < -0.39 is 15.8 Å². The number of rotatable bonds is 5. The summed E-state index contributed by atoms with van der Waals surface area (Å²) in [7, 11) is -4.06. The summed E-state index contributed by atoms with van der Waals surface area (Å²) in [6.45, 7) is 0. The number of aromatic nitrogens is 4. The SMILES string of the molecule is O=S(=O)(Nc1nc2ccccc2nc1Nc1cccc(F)c1)c1cccc2nsnc12. The molecule has 8 nitrogen and oxygen atoms in total. The highest BCUT2D eigenvalue weighted by atomic mass is 32.2. The summed E-state index contributed by atoms with van der Waals surface area (Å²) in [5.74, 6) is -0.330. The number of para-hydroxylation sites is 2. The van der Waals surface area contributed by atoms with E-state index in [-0.39, 0.29) is 22.0 Å². The molecule has 0 bridgehead atoms. The van der Waals surface area contributed by atoms with Crippen molar-refractivity contribution >= 4 is 61.1 Å². The van der Waals surface area contributed by atoms with E-state index in [9.17, 15) is 12.8 Å². The van der Waals surface area contributed by atoms with Gasteiger partial charge in [0, 0.05) is 5.69 Å².